The van der Waals surface area contributed by atoms with Gasteiger partial charge in [-0.05, 0) is 122 Å². The minimum absolute atomic E-state index is 0.128. The van der Waals surface area contributed by atoms with Crippen LogP contribution >= 0.6 is 0 Å². The third-order valence-corrected chi connectivity index (χ3v) is 15.3. The first-order chi connectivity index (χ1) is 34.4. The number of para-hydroxylation sites is 2. The largest absolute Gasteiger partial charge is 0.456 e. The standard InChI is InChI=1S/C65H46N2O.C2H6/c1-40-45-19-7-8-20-49(45)61-46(40)23-13-29-56(61)67(58-31-16-27-54-64(58)50-21-9-11-26-53(50)65(54,2)3)44-36-33-41(34-37-44)47-25-15-32-60-63(47)52-39-42(35-38-59(52)68-60)48-24-14-30-57-62(48)51-22-10-12-28-55(51)66(57)43-17-5-4-6-18-43;1-2/h4-40H,1-3H3;1-2H3. The predicted molar refractivity (Wildman–Crippen MR) is 295 cm³/mol. The van der Waals surface area contributed by atoms with E-state index in [9.17, 15) is 0 Å². The van der Waals surface area contributed by atoms with Crippen LogP contribution in [0.15, 0.2) is 223 Å². The summed E-state index contributed by atoms with van der Waals surface area (Å²) in [7, 11) is 0. The Bertz CT molecular complexity index is 4020. The zero-order valence-corrected chi connectivity index (χ0v) is 40.2. The van der Waals surface area contributed by atoms with E-state index in [1.807, 2.05) is 13.8 Å². The molecule has 2 heterocycles. The molecule has 0 aliphatic heterocycles. The van der Waals surface area contributed by atoms with Crippen molar-refractivity contribution < 1.29 is 4.42 Å². The predicted octanol–water partition coefficient (Wildman–Crippen LogP) is 19.0. The van der Waals surface area contributed by atoms with E-state index >= 15 is 0 Å². The fourth-order valence-corrected chi connectivity index (χ4v) is 12.1. The lowest BCUT2D eigenvalue weighted by Crippen LogP contribution is -2.16. The van der Waals surface area contributed by atoms with Crippen molar-refractivity contribution in [1.29, 1.82) is 0 Å². The molecule has 70 heavy (non-hydrogen) atoms. The summed E-state index contributed by atoms with van der Waals surface area (Å²) >= 11 is 0. The molecule has 2 aromatic heterocycles. The van der Waals surface area contributed by atoms with Crippen molar-refractivity contribution >= 4 is 60.8 Å². The van der Waals surface area contributed by atoms with Gasteiger partial charge < -0.3 is 13.9 Å². The fourth-order valence-electron chi connectivity index (χ4n) is 12.1. The molecule has 12 aromatic rings. The van der Waals surface area contributed by atoms with E-state index in [0.717, 1.165) is 50.0 Å². The van der Waals surface area contributed by atoms with Gasteiger partial charge in [0.05, 0.1) is 22.4 Å². The van der Waals surface area contributed by atoms with Gasteiger partial charge in [0.1, 0.15) is 11.2 Å². The summed E-state index contributed by atoms with van der Waals surface area (Å²) in [6.07, 6.45) is 0. The number of anilines is 3. The molecule has 0 bridgehead atoms. The molecule has 3 heteroatoms. The van der Waals surface area contributed by atoms with Crippen LogP contribution in [0.5, 0.6) is 0 Å². The van der Waals surface area contributed by atoms with Crippen molar-refractivity contribution in [3.8, 4) is 50.2 Å². The van der Waals surface area contributed by atoms with Crippen LogP contribution in [-0.4, -0.2) is 4.57 Å². The third-order valence-electron chi connectivity index (χ3n) is 15.3. The van der Waals surface area contributed by atoms with Crippen LogP contribution < -0.4 is 4.90 Å². The van der Waals surface area contributed by atoms with Crippen molar-refractivity contribution in [1.82, 2.24) is 4.57 Å². The summed E-state index contributed by atoms with van der Waals surface area (Å²) in [5, 5.41) is 4.72. The fraction of sp³-hybridized carbons (Fsp3) is 0.104. The Morgan fingerprint density at radius 2 is 1.04 bits per heavy atom. The average molecular weight is 901 g/mol. The molecule has 0 N–H and O–H groups in total. The SMILES string of the molecule is CC.CC1c2ccccc2-c2c1cccc2N(c1ccc(-c2cccc3oc4ccc(-c5cccc6c5c5ccccc5n6-c5ccccc5)cc4c23)cc1)c1cccc2c1-c1ccccc1C2(C)C. The Balaban J connectivity index is 0.00000237. The minimum Gasteiger partial charge on any atom is -0.456 e. The topological polar surface area (TPSA) is 21.3 Å². The Morgan fingerprint density at radius 3 is 1.87 bits per heavy atom. The lowest BCUT2D eigenvalue weighted by Gasteiger charge is -2.31. The maximum Gasteiger partial charge on any atom is 0.136 e. The van der Waals surface area contributed by atoms with E-state index in [2.05, 4.69) is 249 Å². The number of hydrogen-bond donors (Lipinski definition) is 0. The highest BCUT2D eigenvalue weighted by Crippen LogP contribution is 2.57. The number of rotatable bonds is 6. The van der Waals surface area contributed by atoms with Gasteiger partial charge in [0, 0.05) is 55.4 Å². The third kappa shape index (κ3) is 6.07. The van der Waals surface area contributed by atoms with Crippen molar-refractivity contribution in [2.45, 2.75) is 46.0 Å². The second-order valence-corrected chi connectivity index (χ2v) is 19.2. The quantitative estimate of drug-likeness (QED) is 0.166. The molecule has 3 nitrogen and oxygen atoms in total. The summed E-state index contributed by atoms with van der Waals surface area (Å²) in [6, 6.07) is 80.4. The molecule has 0 saturated carbocycles. The van der Waals surface area contributed by atoms with Crippen LogP contribution in [0.1, 0.15) is 62.8 Å². The number of nitrogens with zero attached hydrogens (tertiary/aromatic N) is 2. The van der Waals surface area contributed by atoms with Gasteiger partial charge in [0.15, 0.2) is 0 Å². The highest BCUT2D eigenvalue weighted by molar-refractivity contribution is 6.18. The molecule has 336 valence electrons. The molecule has 1 atom stereocenters. The van der Waals surface area contributed by atoms with Crippen LogP contribution in [0.2, 0.25) is 0 Å². The molecule has 0 saturated heterocycles. The number of fused-ring (bicyclic) bond motifs is 12. The van der Waals surface area contributed by atoms with E-state index in [0.29, 0.717) is 5.92 Å². The van der Waals surface area contributed by atoms with E-state index in [4.69, 9.17) is 4.42 Å². The zero-order chi connectivity index (χ0) is 47.3. The summed E-state index contributed by atoms with van der Waals surface area (Å²) in [6.45, 7) is 11.1. The highest BCUT2D eigenvalue weighted by atomic mass is 16.3. The first kappa shape index (κ1) is 41.8. The molecule has 14 rings (SSSR count). The van der Waals surface area contributed by atoms with Crippen molar-refractivity contribution in [3.63, 3.8) is 0 Å². The Hall–Kier alpha value is -8.40. The van der Waals surface area contributed by atoms with Gasteiger partial charge in [-0.2, -0.15) is 0 Å². The highest BCUT2D eigenvalue weighted by Gasteiger charge is 2.39. The Labute approximate surface area is 409 Å². The Kier molecular flexibility index (Phi) is 9.61. The van der Waals surface area contributed by atoms with Crippen molar-refractivity contribution in [3.05, 3.63) is 241 Å². The summed E-state index contributed by atoms with van der Waals surface area (Å²) in [5.41, 5.74) is 24.0. The molecule has 0 radical (unpaired) electrons. The van der Waals surface area contributed by atoms with Crippen molar-refractivity contribution in [2.24, 2.45) is 0 Å². The molecule has 0 spiro atoms. The molecular formula is C67H52N2O. The maximum atomic E-state index is 6.66. The first-order valence-corrected chi connectivity index (χ1v) is 24.8. The lowest BCUT2D eigenvalue weighted by atomic mass is 9.82. The average Bonchev–Trinajstić information content (AvgIpc) is 4.13. The number of aromatic nitrogens is 1. The maximum absolute atomic E-state index is 6.66. The lowest BCUT2D eigenvalue weighted by molar-refractivity contribution is 0.660. The second kappa shape index (κ2) is 16.1. The number of hydrogen-bond acceptors (Lipinski definition) is 2. The molecule has 10 aromatic carbocycles. The number of furan rings is 1. The van der Waals surface area contributed by atoms with E-state index in [-0.39, 0.29) is 5.41 Å². The van der Waals surface area contributed by atoms with Crippen LogP contribution in [0.3, 0.4) is 0 Å². The van der Waals surface area contributed by atoms with Gasteiger partial charge in [-0.25, -0.2) is 0 Å². The van der Waals surface area contributed by atoms with Crippen LogP contribution in [-0.2, 0) is 5.41 Å². The van der Waals surface area contributed by atoms with Gasteiger partial charge in [-0.3, -0.25) is 0 Å². The molecule has 2 aliphatic carbocycles. The normalized spacial score (nSPS) is 14.0. The molecular weight excluding hydrogens is 849 g/mol. The molecule has 0 amide bonds. The number of benzene rings is 10. The van der Waals surface area contributed by atoms with E-state index in [1.54, 1.807) is 0 Å². The van der Waals surface area contributed by atoms with Crippen LogP contribution in [0, 0.1) is 0 Å². The smallest absolute Gasteiger partial charge is 0.136 e. The van der Waals surface area contributed by atoms with Crippen molar-refractivity contribution in [2.75, 3.05) is 4.90 Å². The summed E-state index contributed by atoms with van der Waals surface area (Å²) < 4.78 is 9.05. The molecule has 2 aliphatic rings. The van der Waals surface area contributed by atoms with Gasteiger partial charge in [0.25, 0.3) is 0 Å². The van der Waals surface area contributed by atoms with Gasteiger partial charge in [0.2, 0.25) is 0 Å². The minimum atomic E-state index is -0.128. The second-order valence-electron chi connectivity index (χ2n) is 19.2. The summed E-state index contributed by atoms with van der Waals surface area (Å²) in [4.78, 5) is 2.53. The van der Waals surface area contributed by atoms with Gasteiger partial charge >= 0.3 is 0 Å². The molecule has 0 fully saturated rings. The Morgan fingerprint density at radius 1 is 0.443 bits per heavy atom. The zero-order valence-electron chi connectivity index (χ0n) is 40.2. The van der Waals surface area contributed by atoms with Gasteiger partial charge in [-0.15, -0.1) is 0 Å². The van der Waals surface area contributed by atoms with E-state index < -0.39 is 0 Å². The molecule has 1 unspecified atom stereocenters. The monoisotopic (exact) mass is 900 g/mol. The first-order valence-electron chi connectivity index (χ1n) is 24.8. The van der Waals surface area contributed by atoms with E-state index in [1.165, 1.54) is 83.3 Å². The van der Waals surface area contributed by atoms with Crippen LogP contribution in [0.4, 0.5) is 17.1 Å². The summed E-state index contributed by atoms with van der Waals surface area (Å²) in [5.74, 6) is 0.305. The van der Waals surface area contributed by atoms with Gasteiger partial charge in [-0.1, -0.05) is 186 Å². The van der Waals surface area contributed by atoms with Crippen LogP contribution in [0.25, 0.3) is 93.9 Å².